The van der Waals surface area contributed by atoms with Gasteiger partial charge < -0.3 is 15.9 Å². The van der Waals surface area contributed by atoms with Gasteiger partial charge in [0.1, 0.15) is 0 Å². The lowest BCUT2D eigenvalue weighted by molar-refractivity contribution is 0.0693. The Morgan fingerprint density at radius 2 is 2.06 bits per heavy atom. The molecule has 0 saturated heterocycles. The number of benzene rings is 1. The van der Waals surface area contributed by atoms with Gasteiger partial charge in [0.05, 0.1) is 16.7 Å². The Morgan fingerprint density at radius 3 is 2.53 bits per heavy atom. The summed E-state index contributed by atoms with van der Waals surface area (Å²) in [5, 5.41) is 18.6. The van der Waals surface area contributed by atoms with Gasteiger partial charge >= 0.3 is 5.97 Å². The Hall–Kier alpha value is -0.910. The molecule has 0 spiro atoms. The van der Waals surface area contributed by atoms with Gasteiger partial charge in [0, 0.05) is 15.8 Å². The van der Waals surface area contributed by atoms with E-state index in [1.165, 1.54) is 23.9 Å². The molecule has 0 aliphatic heterocycles. The highest BCUT2D eigenvalue weighted by Gasteiger charge is 2.19. The van der Waals surface area contributed by atoms with Crippen LogP contribution in [0.15, 0.2) is 17.0 Å². The van der Waals surface area contributed by atoms with Crippen LogP contribution in [-0.4, -0.2) is 27.5 Å². The van der Waals surface area contributed by atoms with Crippen molar-refractivity contribution in [1.82, 2.24) is 0 Å². The minimum absolute atomic E-state index is 0.0625. The molecular formula is C11H14ClNO3S. The average molecular weight is 276 g/mol. The van der Waals surface area contributed by atoms with Crippen LogP contribution in [0, 0.1) is 0 Å². The maximum atomic E-state index is 11.1. The highest BCUT2D eigenvalue weighted by atomic mass is 35.5. The zero-order valence-electron chi connectivity index (χ0n) is 9.48. The highest BCUT2D eigenvalue weighted by Crippen LogP contribution is 2.36. The van der Waals surface area contributed by atoms with Crippen molar-refractivity contribution in [3.8, 4) is 0 Å². The zero-order chi connectivity index (χ0) is 13.2. The number of anilines is 1. The van der Waals surface area contributed by atoms with Gasteiger partial charge in [-0.25, -0.2) is 4.79 Å². The third-order valence-corrected chi connectivity index (χ3v) is 4.13. The van der Waals surface area contributed by atoms with Crippen molar-refractivity contribution in [3.05, 3.63) is 22.7 Å². The first-order chi connectivity index (χ1) is 7.82. The van der Waals surface area contributed by atoms with Crippen LogP contribution >= 0.6 is 23.4 Å². The Kier molecular flexibility index (Phi) is 4.68. The molecule has 4 N–H and O–H groups in total. The van der Waals surface area contributed by atoms with Crippen molar-refractivity contribution < 1.29 is 15.0 Å². The van der Waals surface area contributed by atoms with Crippen molar-refractivity contribution in [1.29, 1.82) is 0 Å². The van der Waals surface area contributed by atoms with Crippen LogP contribution in [0.3, 0.4) is 0 Å². The molecule has 2 unspecified atom stereocenters. The fourth-order valence-corrected chi connectivity index (χ4v) is 2.55. The van der Waals surface area contributed by atoms with E-state index in [4.69, 9.17) is 22.4 Å². The van der Waals surface area contributed by atoms with E-state index in [1.54, 1.807) is 13.8 Å². The van der Waals surface area contributed by atoms with Crippen LogP contribution in [0.4, 0.5) is 5.69 Å². The smallest absolute Gasteiger partial charge is 0.336 e. The fourth-order valence-electron chi connectivity index (χ4n) is 1.18. The molecule has 4 nitrogen and oxygen atoms in total. The Balaban J connectivity index is 3.17. The van der Waals surface area contributed by atoms with E-state index < -0.39 is 12.1 Å². The summed E-state index contributed by atoms with van der Waals surface area (Å²) in [6, 6.07) is 2.87. The normalized spacial score (nSPS) is 14.4. The lowest BCUT2D eigenvalue weighted by Crippen LogP contribution is -2.16. The summed E-state index contributed by atoms with van der Waals surface area (Å²) in [7, 11) is 0. The number of nitrogen functional groups attached to an aromatic ring is 1. The van der Waals surface area contributed by atoms with Gasteiger partial charge in [-0.2, -0.15) is 0 Å². The number of hydrogen-bond donors (Lipinski definition) is 3. The number of thioether (sulfide) groups is 1. The highest BCUT2D eigenvalue weighted by molar-refractivity contribution is 8.00. The summed E-state index contributed by atoms with van der Waals surface area (Å²) in [5.41, 5.74) is 5.92. The van der Waals surface area contributed by atoms with Crippen molar-refractivity contribution in [3.63, 3.8) is 0 Å². The number of carbonyl (C=O) groups is 1. The number of halogens is 1. The van der Waals surface area contributed by atoms with E-state index in [-0.39, 0.29) is 10.8 Å². The average Bonchev–Trinajstić information content (AvgIpc) is 2.20. The standard InChI is InChI=1S/C11H14ClNO3S/c1-5(14)6(2)17-10-8(11(15)16)3-7(13)4-9(10)12/h3-6,14H,13H2,1-2H3,(H,15,16). The van der Waals surface area contributed by atoms with E-state index in [1.807, 2.05) is 0 Å². The first-order valence-corrected chi connectivity index (χ1v) is 6.25. The molecule has 2 atom stereocenters. The SMILES string of the molecule is CC(O)C(C)Sc1c(Cl)cc(N)cc1C(=O)O. The molecule has 1 aromatic carbocycles. The summed E-state index contributed by atoms with van der Waals surface area (Å²) in [4.78, 5) is 11.5. The van der Waals surface area contributed by atoms with Crippen molar-refractivity contribution >= 4 is 35.0 Å². The minimum atomic E-state index is -1.08. The number of hydrogen-bond acceptors (Lipinski definition) is 4. The number of rotatable bonds is 4. The lowest BCUT2D eigenvalue weighted by atomic mass is 10.2. The Morgan fingerprint density at radius 1 is 1.47 bits per heavy atom. The van der Waals surface area contributed by atoms with Gasteiger partial charge in [0.2, 0.25) is 0 Å². The lowest BCUT2D eigenvalue weighted by Gasteiger charge is -2.16. The molecule has 0 amide bonds. The first kappa shape index (κ1) is 14.2. The van der Waals surface area contributed by atoms with E-state index in [0.29, 0.717) is 15.6 Å². The van der Waals surface area contributed by atoms with Crippen molar-refractivity contribution in [2.75, 3.05) is 5.73 Å². The van der Waals surface area contributed by atoms with Crippen LogP contribution in [0.25, 0.3) is 0 Å². The summed E-state index contributed by atoms with van der Waals surface area (Å²) in [6.07, 6.45) is -0.560. The van der Waals surface area contributed by atoms with Crippen molar-refractivity contribution in [2.24, 2.45) is 0 Å². The molecule has 0 aromatic heterocycles. The molecule has 6 heteroatoms. The number of aliphatic hydroxyl groups excluding tert-OH is 1. The zero-order valence-corrected chi connectivity index (χ0v) is 11.0. The fraction of sp³-hybridized carbons (Fsp3) is 0.364. The van der Waals surface area contributed by atoms with Gasteiger partial charge in [0.15, 0.2) is 0 Å². The summed E-state index contributed by atoms with van der Waals surface area (Å²) in [6.45, 7) is 3.44. The molecule has 94 valence electrons. The van der Waals surface area contributed by atoms with Gasteiger partial charge in [-0.3, -0.25) is 0 Å². The Bertz CT molecular complexity index is 437. The van der Waals surface area contributed by atoms with Crippen molar-refractivity contribution in [2.45, 2.75) is 30.1 Å². The maximum Gasteiger partial charge on any atom is 0.336 e. The predicted octanol–water partition coefficient (Wildman–Crippen LogP) is 2.48. The van der Waals surface area contributed by atoms with Crippen LogP contribution in [0.1, 0.15) is 24.2 Å². The van der Waals surface area contributed by atoms with Crippen LogP contribution in [0.2, 0.25) is 5.02 Å². The molecule has 0 aliphatic carbocycles. The topological polar surface area (TPSA) is 83.5 Å². The molecule has 0 radical (unpaired) electrons. The number of nitrogens with two attached hydrogens (primary N) is 1. The quantitative estimate of drug-likeness (QED) is 0.581. The van der Waals surface area contributed by atoms with Crippen LogP contribution in [-0.2, 0) is 0 Å². The molecule has 1 rings (SSSR count). The molecule has 0 saturated carbocycles. The summed E-state index contributed by atoms with van der Waals surface area (Å²) < 4.78 is 0. The third kappa shape index (κ3) is 3.52. The number of carboxylic acid groups (broad SMARTS) is 1. The second kappa shape index (κ2) is 5.62. The maximum absolute atomic E-state index is 11.1. The number of carboxylic acids is 1. The molecule has 0 fully saturated rings. The van der Waals surface area contributed by atoms with Gasteiger partial charge in [-0.05, 0) is 19.1 Å². The summed E-state index contributed by atoms with van der Waals surface area (Å²) >= 11 is 7.21. The molecule has 1 aromatic rings. The van der Waals surface area contributed by atoms with E-state index in [0.717, 1.165) is 0 Å². The molecule has 0 bridgehead atoms. The van der Waals surface area contributed by atoms with E-state index in [9.17, 15) is 9.90 Å². The number of aliphatic hydroxyl groups is 1. The first-order valence-electron chi connectivity index (χ1n) is 5.00. The second-order valence-electron chi connectivity index (χ2n) is 3.75. The molecule has 0 aliphatic rings. The van der Waals surface area contributed by atoms with Gasteiger partial charge in [-0.15, -0.1) is 11.8 Å². The second-order valence-corrected chi connectivity index (χ2v) is 5.54. The Labute approximate surface area is 109 Å². The minimum Gasteiger partial charge on any atom is -0.478 e. The van der Waals surface area contributed by atoms with Gasteiger partial charge in [0.25, 0.3) is 0 Å². The monoisotopic (exact) mass is 275 g/mol. The van der Waals surface area contributed by atoms with Gasteiger partial charge in [-0.1, -0.05) is 18.5 Å². The van der Waals surface area contributed by atoms with Crippen LogP contribution < -0.4 is 5.73 Å². The van der Waals surface area contributed by atoms with E-state index >= 15 is 0 Å². The predicted molar refractivity (Wildman–Crippen MR) is 69.8 cm³/mol. The van der Waals surface area contributed by atoms with E-state index in [2.05, 4.69) is 0 Å². The van der Waals surface area contributed by atoms with Crippen LogP contribution in [0.5, 0.6) is 0 Å². The molecule has 0 heterocycles. The third-order valence-electron chi connectivity index (χ3n) is 2.28. The largest absolute Gasteiger partial charge is 0.478 e. The molecular weight excluding hydrogens is 262 g/mol. The number of aromatic carboxylic acids is 1. The molecule has 17 heavy (non-hydrogen) atoms. The summed E-state index contributed by atoms with van der Waals surface area (Å²) in [5.74, 6) is -1.08.